The molecule has 3 aromatic carbocycles. The van der Waals surface area contributed by atoms with E-state index in [4.69, 9.17) is 4.74 Å². The lowest BCUT2D eigenvalue weighted by molar-refractivity contribution is 0.0526. The van der Waals surface area contributed by atoms with E-state index in [-0.39, 0.29) is 18.3 Å². The second-order valence-corrected chi connectivity index (χ2v) is 7.66. The number of nitrogens with one attached hydrogen (secondary N) is 1. The Morgan fingerprint density at radius 2 is 1.73 bits per heavy atom. The molecule has 0 radical (unpaired) electrons. The molecular weight excluding hydrogens is 418 g/mol. The van der Waals surface area contributed by atoms with Crippen LogP contribution in [0.15, 0.2) is 78.9 Å². The largest absolute Gasteiger partial charge is 0.508 e. The molecule has 0 saturated heterocycles. The molecule has 4 aromatic rings. The summed E-state index contributed by atoms with van der Waals surface area (Å²) in [6.45, 7) is 2.04. The number of aromatic hydroxyl groups is 1. The number of ether oxygens (including phenoxy) is 1. The highest BCUT2D eigenvalue weighted by Crippen LogP contribution is 2.45. The number of carbonyl (C=O) groups is 2. The van der Waals surface area contributed by atoms with Crippen molar-refractivity contribution in [2.45, 2.75) is 13.0 Å². The fraction of sp³-hybridized carbons (Fsp3) is 0.115. The molecule has 7 nitrogen and oxygen atoms in total. The van der Waals surface area contributed by atoms with E-state index in [9.17, 15) is 14.7 Å². The zero-order valence-electron chi connectivity index (χ0n) is 17.9. The van der Waals surface area contributed by atoms with Gasteiger partial charge in [0.25, 0.3) is 5.91 Å². The number of aromatic amines is 1. The van der Waals surface area contributed by atoms with E-state index in [1.54, 1.807) is 60.4 Å². The first-order chi connectivity index (χ1) is 16.1. The van der Waals surface area contributed by atoms with Crippen LogP contribution in [0.2, 0.25) is 0 Å². The maximum atomic E-state index is 13.5. The molecule has 0 bridgehead atoms. The molecule has 1 atom stereocenters. The fourth-order valence-electron chi connectivity index (χ4n) is 4.17. The predicted octanol–water partition coefficient (Wildman–Crippen LogP) is 4.71. The Morgan fingerprint density at radius 3 is 2.39 bits per heavy atom. The van der Waals surface area contributed by atoms with Gasteiger partial charge in [-0.3, -0.25) is 14.8 Å². The van der Waals surface area contributed by atoms with Gasteiger partial charge >= 0.3 is 5.97 Å². The minimum Gasteiger partial charge on any atom is -0.508 e. The highest BCUT2D eigenvalue weighted by Gasteiger charge is 2.43. The number of H-pyrrole nitrogens is 1. The smallest absolute Gasteiger partial charge is 0.338 e. The first-order valence-corrected chi connectivity index (χ1v) is 10.6. The number of phenols is 1. The van der Waals surface area contributed by atoms with Crippen molar-refractivity contribution in [1.82, 2.24) is 10.2 Å². The van der Waals surface area contributed by atoms with Gasteiger partial charge in [-0.15, -0.1) is 0 Å². The number of nitrogens with zero attached hydrogens (tertiary/aromatic N) is 2. The van der Waals surface area contributed by atoms with Crippen LogP contribution in [0.3, 0.4) is 0 Å². The van der Waals surface area contributed by atoms with Crippen LogP contribution in [0.25, 0.3) is 11.3 Å². The standard InChI is InChI=1S/C26H21N3O4/c1-2-33-26(32)18-8-12-19(13-9-18)29-24(17-10-14-20(30)15-11-17)21-22(16-6-4-3-5-7-16)27-28-23(21)25(29)31/h3-15,24,30H,2H2,1H3,(H,27,28)/t24-/m1/s1. The Balaban J connectivity index is 1.63. The van der Waals surface area contributed by atoms with Gasteiger partial charge in [-0.2, -0.15) is 5.10 Å². The van der Waals surface area contributed by atoms with Gasteiger partial charge in [-0.1, -0.05) is 42.5 Å². The number of phenolic OH excluding ortho intramolecular Hbond substituents is 1. The molecule has 33 heavy (non-hydrogen) atoms. The van der Waals surface area contributed by atoms with E-state index in [2.05, 4.69) is 10.2 Å². The van der Waals surface area contributed by atoms with Gasteiger partial charge in [0.15, 0.2) is 0 Å². The highest BCUT2D eigenvalue weighted by molar-refractivity contribution is 6.12. The summed E-state index contributed by atoms with van der Waals surface area (Å²) in [6.07, 6.45) is 0. The molecular formula is C26H21N3O4. The number of fused-ring (bicyclic) bond motifs is 1. The quantitative estimate of drug-likeness (QED) is 0.439. The first-order valence-electron chi connectivity index (χ1n) is 10.6. The summed E-state index contributed by atoms with van der Waals surface area (Å²) in [5, 5.41) is 17.2. The molecule has 7 heteroatoms. The van der Waals surface area contributed by atoms with Crippen molar-refractivity contribution < 1.29 is 19.4 Å². The Kier molecular flexibility index (Phi) is 5.14. The molecule has 2 N–H and O–H groups in total. The molecule has 0 unspecified atom stereocenters. The van der Waals surface area contributed by atoms with Crippen LogP contribution in [-0.2, 0) is 4.74 Å². The lowest BCUT2D eigenvalue weighted by Gasteiger charge is -2.26. The summed E-state index contributed by atoms with van der Waals surface area (Å²) in [4.78, 5) is 27.3. The molecule has 1 aliphatic heterocycles. The maximum Gasteiger partial charge on any atom is 0.338 e. The van der Waals surface area contributed by atoms with Crippen LogP contribution in [0.1, 0.15) is 44.9 Å². The van der Waals surface area contributed by atoms with Crippen LogP contribution in [0.5, 0.6) is 5.75 Å². The Labute approximate surface area is 190 Å². The zero-order valence-corrected chi connectivity index (χ0v) is 17.9. The molecule has 5 rings (SSSR count). The van der Waals surface area contributed by atoms with E-state index in [0.717, 1.165) is 16.7 Å². The highest BCUT2D eigenvalue weighted by atomic mass is 16.5. The van der Waals surface area contributed by atoms with E-state index in [0.29, 0.717) is 22.6 Å². The summed E-state index contributed by atoms with van der Waals surface area (Å²) in [5.41, 5.74) is 4.66. The molecule has 0 fully saturated rings. The second-order valence-electron chi connectivity index (χ2n) is 7.66. The normalized spacial score (nSPS) is 14.9. The van der Waals surface area contributed by atoms with Crippen LogP contribution in [0.4, 0.5) is 5.69 Å². The second kappa shape index (κ2) is 8.27. The zero-order chi connectivity index (χ0) is 22.9. The molecule has 1 aliphatic rings. The number of benzene rings is 3. The third kappa shape index (κ3) is 3.53. The molecule has 2 heterocycles. The van der Waals surface area contributed by atoms with Gasteiger partial charge in [0, 0.05) is 16.8 Å². The van der Waals surface area contributed by atoms with E-state index < -0.39 is 12.0 Å². The Morgan fingerprint density at radius 1 is 1.03 bits per heavy atom. The van der Waals surface area contributed by atoms with Crippen LogP contribution in [-0.4, -0.2) is 33.8 Å². The lowest BCUT2D eigenvalue weighted by atomic mass is 9.95. The van der Waals surface area contributed by atoms with E-state index in [1.807, 2.05) is 30.3 Å². The minimum atomic E-state index is -0.463. The summed E-state index contributed by atoms with van der Waals surface area (Å²) in [7, 11) is 0. The summed E-state index contributed by atoms with van der Waals surface area (Å²) >= 11 is 0. The minimum absolute atomic E-state index is 0.143. The van der Waals surface area contributed by atoms with Crippen LogP contribution >= 0.6 is 0 Å². The number of carbonyl (C=O) groups excluding carboxylic acids is 2. The van der Waals surface area contributed by atoms with Gasteiger partial charge < -0.3 is 9.84 Å². The molecule has 164 valence electrons. The Hall–Kier alpha value is -4.39. The maximum absolute atomic E-state index is 13.5. The monoisotopic (exact) mass is 439 g/mol. The van der Waals surface area contributed by atoms with Crippen molar-refractivity contribution in [1.29, 1.82) is 0 Å². The summed E-state index contributed by atoms with van der Waals surface area (Å²) in [6, 6.07) is 22.8. The third-order valence-corrected chi connectivity index (χ3v) is 5.68. The Bertz CT molecular complexity index is 1310. The SMILES string of the molecule is CCOC(=O)c1ccc(N2C(=O)c3[nH]nc(-c4ccccc4)c3[C@H]2c2ccc(O)cc2)cc1. The molecule has 1 aromatic heterocycles. The number of amides is 1. The van der Waals surface area contributed by atoms with Crippen molar-refractivity contribution in [3.8, 4) is 17.0 Å². The van der Waals surface area contributed by atoms with Crippen molar-refractivity contribution in [3.05, 3.63) is 101 Å². The van der Waals surface area contributed by atoms with Gasteiger partial charge in [0.2, 0.25) is 0 Å². The van der Waals surface area contributed by atoms with Gasteiger partial charge in [-0.05, 0) is 48.9 Å². The molecule has 0 aliphatic carbocycles. The first kappa shape index (κ1) is 20.5. The molecule has 0 spiro atoms. The number of anilines is 1. The predicted molar refractivity (Wildman–Crippen MR) is 123 cm³/mol. The number of rotatable bonds is 5. The lowest BCUT2D eigenvalue weighted by Crippen LogP contribution is -2.29. The van der Waals surface area contributed by atoms with Crippen LogP contribution < -0.4 is 4.90 Å². The average Bonchev–Trinajstić information content (AvgIpc) is 3.39. The van der Waals surface area contributed by atoms with Crippen molar-refractivity contribution >= 4 is 17.6 Å². The third-order valence-electron chi connectivity index (χ3n) is 5.68. The molecule has 1 amide bonds. The van der Waals surface area contributed by atoms with Gasteiger partial charge in [0.1, 0.15) is 11.4 Å². The van der Waals surface area contributed by atoms with E-state index in [1.165, 1.54) is 0 Å². The van der Waals surface area contributed by atoms with E-state index >= 15 is 0 Å². The van der Waals surface area contributed by atoms with Crippen molar-refractivity contribution in [3.63, 3.8) is 0 Å². The van der Waals surface area contributed by atoms with Crippen molar-refractivity contribution in [2.24, 2.45) is 0 Å². The summed E-state index contributed by atoms with van der Waals surface area (Å²) < 4.78 is 5.06. The van der Waals surface area contributed by atoms with Crippen LogP contribution in [0, 0.1) is 0 Å². The number of hydrogen-bond donors (Lipinski definition) is 2. The number of esters is 1. The summed E-state index contributed by atoms with van der Waals surface area (Å²) in [5.74, 6) is -0.488. The average molecular weight is 439 g/mol. The number of aromatic nitrogens is 2. The number of hydrogen-bond acceptors (Lipinski definition) is 5. The topological polar surface area (TPSA) is 95.5 Å². The molecule has 0 saturated carbocycles. The van der Waals surface area contributed by atoms with Crippen molar-refractivity contribution in [2.75, 3.05) is 11.5 Å². The van der Waals surface area contributed by atoms with Gasteiger partial charge in [-0.25, -0.2) is 4.79 Å². The van der Waals surface area contributed by atoms with Gasteiger partial charge in [0.05, 0.1) is 23.9 Å². The fourth-order valence-corrected chi connectivity index (χ4v) is 4.17.